The largest absolute Gasteiger partial charge is 0.493 e. The van der Waals surface area contributed by atoms with Gasteiger partial charge in [0, 0.05) is 54.2 Å². The van der Waals surface area contributed by atoms with Gasteiger partial charge >= 0.3 is 0 Å². The molecule has 4 N–H and O–H groups in total. The number of amides is 2. The Hall–Kier alpha value is -3.42. The van der Waals surface area contributed by atoms with E-state index >= 15 is 0 Å². The fourth-order valence-electron chi connectivity index (χ4n) is 5.12. The summed E-state index contributed by atoms with van der Waals surface area (Å²) in [7, 11) is 1.45. The number of nitrogens with one attached hydrogen (secondary N) is 2. The van der Waals surface area contributed by atoms with Crippen LogP contribution in [0.4, 0.5) is 0 Å². The summed E-state index contributed by atoms with van der Waals surface area (Å²) in [6, 6.07) is 12.4. The first-order valence-corrected chi connectivity index (χ1v) is 14.9. The Morgan fingerprint density at radius 2 is 2.00 bits per heavy atom. The monoisotopic (exact) mass is 689 g/mol. The molecule has 0 spiro atoms. The zero-order chi connectivity index (χ0) is 30.4. The van der Waals surface area contributed by atoms with Crippen LogP contribution in [0.25, 0.3) is 10.9 Å². The number of carbonyl (C=O) groups is 3. The Balaban J connectivity index is 1.68. The average Bonchev–Trinajstić information content (AvgIpc) is 3.41. The number of halogens is 1. The van der Waals surface area contributed by atoms with Crippen molar-refractivity contribution in [3.63, 3.8) is 0 Å². The van der Waals surface area contributed by atoms with E-state index < -0.39 is 24.2 Å². The smallest absolute Gasteiger partial charge is 0.247 e. The molecule has 42 heavy (non-hydrogen) atoms. The highest BCUT2D eigenvalue weighted by Crippen LogP contribution is 2.37. The number of rotatable bonds is 12. The van der Waals surface area contributed by atoms with Crippen LogP contribution in [-0.4, -0.2) is 83.3 Å². The number of hydrogen-bond acceptors (Lipinski definition) is 7. The van der Waals surface area contributed by atoms with Crippen molar-refractivity contribution < 1.29 is 34.1 Å². The fourth-order valence-corrected chi connectivity index (χ4v) is 5.87. The number of methoxy groups -OCH3 is 1. The predicted octanol–water partition coefficient (Wildman–Crippen LogP) is 3.24. The molecule has 2 amide bonds. The number of aldehydes is 1. The number of aromatic nitrogens is 1. The predicted molar refractivity (Wildman–Crippen MR) is 167 cm³/mol. The number of ether oxygens (including phenoxy) is 2. The molecule has 3 unspecified atom stereocenters. The van der Waals surface area contributed by atoms with Gasteiger partial charge in [-0.1, -0.05) is 32.0 Å². The lowest BCUT2D eigenvalue weighted by atomic mass is 9.87. The maximum atomic E-state index is 13.6. The minimum Gasteiger partial charge on any atom is -0.493 e. The van der Waals surface area contributed by atoms with Crippen molar-refractivity contribution in [3.05, 3.63) is 68.9 Å². The molecule has 0 fully saturated rings. The maximum Gasteiger partial charge on any atom is 0.247 e. The van der Waals surface area contributed by atoms with Crippen LogP contribution in [0.3, 0.4) is 0 Å². The highest BCUT2D eigenvalue weighted by Gasteiger charge is 2.41. The number of nitrogens with zero attached hydrogens (tertiary/aromatic N) is 1. The summed E-state index contributed by atoms with van der Waals surface area (Å²) in [5.41, 5.74) is 2.67. The van der Waals surface area contributed by atoms with E-state index in [0.717, 1.165) is 16.6 Å². The van der Waals surface area contributed by atoms with E-state index in [4.69, 9.17) is 9.47 Å². The number of aliphatic hydroxyl groups excluding tert-OH is 2. The van der Waals surface area contributed by atoms with Gasteiger partial charge in [-0.05, 0) is 58.3 Å². The van der Waals surface area contributed by atoms with E-state index in [0.29, 0.717) is 45.5 Å². The summed E-state index contributed by atoms with van der Waals surface area (Å²) in [4.78, 5) is 43.1. The van der Waals surface area contributed by atoms with Gasteiger partial charge in [0.1, 0.15) is 18.5 Å². The molecule has 2 aromatic carbocycles. The topological polar surface area (TPSA) is 141 Å². The molecule has 0 saturated heterocycles. The van der Waals surface area contributed by atoms with Crippen molar-refractivity contribution in [2.45, 2.75) is 44.9 Å². The van der Waals surface area contributed by atoms with Gasteiger partial charge < -0.3 is 34.9 Å². The molecule has 1 aliphatic carbocycles. The van der Waals surface area contributed by atoms with Crippen LogP contribution < -0.4 is 14.8 Å². The summed E-state index contributed by atoms with van der Waals surface area (Å²) in [5, 5.41) is 24.7. The van der Waals surface area contributed by atoms with Crippen LogP contribution in [-0.2, 0) is 16.0 Å². The summed E-state index contributed by atoms with van der Waals surface area (Å²) < 4.78 is 12.3. The lowest BCUT2D eigenvalue weighted by Gasteiger charge is -2.41. The molecule has 3 atom stereocenters. The van der Waals surface area contributed by atoms with Crippen molar-refractivity contribution in [1.29, 1.82) is 0 Å². The Kier molecular flexibility index (Phi) is 10.6. The van der Waals surface area contributed by atoms with Gasteiger partial charge in [0.15, 0.2) is 11.5 Å². The summed E-state index contributed by atoms with van der Waals surface area (Å²) in [6.07, 6.45) is 0.659. The number of H-pyrrole nitrogens is 1. The molecule has 0 aliphatic heterocycles. The molecule has 11 heteroatoms. The average molecular weight is 690 g/mol. The molecule has 0 bridgehead atoms. The summed E-state index contributed by atoms with van der Waals surface area (Å²) in [5.74, 6) is -0.325. The lowest BCUT2D eigenvalue weighted by molar-refractivity contribution is -0.141. The molecule has 224 valence electrons. The molecule has 3 aromatic rings. The third-order valence-electron chi connectivity index (χ3n) is 7.24. The third-order valence-corrected chi connectivity index (χ3v) is 8.04. The van der Waals surface area contributed by atoms with Crippen LogP contribution in [0.1, 0.15) is 36.3 Å². The summed E-state index contributed by atoms with van der Waals surface area (Å²) in [6.45, 7) is 3.73. The fraction of sp³-hybridized carbons (Fsp3) is 0.387. The molecule has 0 saturated carbocycles. The van der Waals surface area contributed by atoms with Crippen molar-refractivity contribution in [2.24, 2.45) is 5.92 Å². The van der Waals surface area contributed by atoms with Gasteiger partial charge in [-0.2, -0.15) is 0 Å². The zero-order valence-corrected chi connectivity index (χ0v) is 26.0. The van der Waals surface area contributed by atoms with E-state index in [2.05, 4.69) is 10.3 Å². The van der Waals surface area contributed by atoms with Gasteiger partial charge in [0.2, 0.25) is 11.8 Å². The molecular formula is C31H36IN3O7. The van der Waals surface area contributed by atoms with E-state index in [1.54, 1.807) is 30.9 Å². The van der Waals surface area contributed by atoms with Crippen molar-refractivity contribution >= 4 is 51.6 Å². The van der Waals surface area contributed by atoms with Gasteiger partial charge in [-0.15, -0.1) is 0 Å². The van der Waals surface area contributed by atoms with Crippen LogP contribution in [0, 0.1) is 9.49 Å². The first-order chi connectivity index (χ1) is 20.2. The molecule has 0 radical (unpaired) electrons. The van der Waals surface area contributed by atoms with Crippen molar-refractivity contribution in [2.75, 3.05) is 26.8 Å². The second-order valence-electron chi connectivity index (χ2n) is 10.5. The van der Waals surface area contributed by atoms with Crippen LogP contribution in [0.15, 0.2) is 54.1 Å². The van der Waals surface area contributed by atoms with Crippen LogP contribution in [0.2, 0.25) is 0 Å². The van der Waals surface area contributed by atoms with E-state index in [9.17, 15) is 24.6 Å². The Morgan fingerprint density at radius 1 is 1.24 bits per heavy atom. The van der Waals surface area contributed by atoms with Crippen LogP contribution >= 0.6 is 22.6 Å². The minimum atomic E-state index is -1.18. The van der Waals surface area contributed by atoms with Crippen LogP contribution in [0.5, 0.6) is 11.5 Å². The van der Waals surface area contributed by atoms with Gasteiger partial charge in [0.05, 0.1) is 23.3 Å². The number of hydrogen-bond donors (Lipinski definition) is 4. The molecule has 4 rings (SSSR count). The number of benzene rings is 2. The number of carbonyl (C=O) groups excluding carboxylic acids is 3. The molecular weight excluding hydrogens is 653 g/mol. The standard InChI is InChI=1S/C31H36IN3O7/c1-18(2)31(40)35(10-8-22-14-20-6-4-5-7-24(20)34-22)25-15-21(30(39)33-9-11-36)16-26(28(25)38)42-29-23(32)12-19(17-37)13-27(29)41-3/h4-7,12-14,16-18,25-26,28,34,36,38H,8-11,15H2,1-3H3,(H,33,39). The minimum absolute atomic E-state index is 0.0584. The highest BCUT2D eigenvalue weighted by atomic mass is 127. The second-order valence-corrected chi connectivity index (χ2v) is 11.6. The van der Waals surface area contributed by atoms with Gasteiger partial charge in [0.25, 0.3) is 0 Å². The Labute approximate surface area is 258 Å². The second kappa shape index (κ2) is 14.2. The zero-order valence-electron chi connectivity index (χ0n) is 23.8. The lowest BCUT2D eigenvalue weighted by Crippen LogP contribution is -2.56. The number of fused-ring (bicyclic) bond motifs is 1. The quantitative estimate of drug-likeness (QED) is 0.169. The highest BCUT2D eigenvalue weighted by molar-refractivity contribution is 14.1. The van der Waals surface area contributed by atoms with Crippen molar-refractivity contribution in [3.8, 4) is 11.5 Å². The van der Waals surface area contributed by atoms with E-state index in [-0.39, 0.29) is 31.4 Å². The van der Waals surface area contributed by atoms with Crippen molar-refractivity contribution in [1.82, 2.24) is 15.2 Å². The molecule has 10 nitrogen and oxygen atoms in total. The maximum absolute atomic E-state index is 13.6. The van der Waals surface area contributed by atoms with E-state index in [1.807, 2.05) is 52.9 Å². The molecule has 1 aromatic heterocycles. The number of para-hydroxylation sites is 1. The normalized spacial score (nSPS) is 18.5. The Morgan fingerprint density at radius 3 is 2.67 bits per heavy atom. The van der Waals surface area contributed by atoms with E-state index in [1.165, 1.54) is 13.2 Å². The first kappa shape index (κ1) is 31.5. The van der Waals surface area contributed by atoms with Gasteiger partial charge in [-0.25, -0.2) is 0 Å². The molecule has 1 aliphatic rings. The molecule has 1 heterocycles. The third kappa shape index (κ3) is 7.13. The number of aliphatic hydroxyl groups is 2. The van der Waals surface area contributed by atoms with Gasteiger partial charge in [-0.3, -0.25) is 14.4 Å². The summed E-state index contributed by atoms with van der Waals surface area (Å²) >= 11 is 2.02. The number of aromatic amines is 1. The SMILES string of the molecule is COc1cc(C=O)cc(I)c1OC1C=C(C(=O)NCCO)CC(N(CCc2cc3ccccc3[nH]2)C(=O)C(C)C)C1O. The Bertz CT molecular complexity index is 1430. The first-order valence-electron chi connectivity index (χ1n) is 13.8.